The molecule has 2 atom stereocenters. The van der Waals surface area contributed by atoms with Crippen LogP contribution < -0.4 is 10.6 Å². The monoisotopic (exact) mass is 439 g/mol. The second-order valence-electron chi connectivity index (χ2n) is 7.03. The molecule has 2 aromatic rings. The molecule has 3 rings (SSSR count). The highest BCUT2D eigenvalue weighted by Crippen LogP contribution is 2.24. The maximum Gasteiger partial charge on any atom is 0.408 e. The molecule has 1 aromatic carbocycles. The van der Waals surface area contributed by atoms with Crippen LogP contribution in [0, 0.1) is 17.1 Å². The van der Waals surface area contributed by atoms with E-state index in [1.807, 2.05) is 5.32 Å². The van der Waals surface area contributed by atoms with E-state index in [2.05, 4.69) is 15.6 Å². The van der Waals surface area contributed by atoms with Crippen molar-refractivity contribution in [2.45, 2.75) is 38.7 Å². The number of carbonyl (C=O) groups is 2. The van der Waals surface area contributed by atoms with Gasteiger partial charge in [-0.15, -0.1) is 5.10 Å². The molecule has 9 nitrogen and oxygen atoms in total. The second kappa shape index (κ2) is 8.21. The van der Waals surface area contributed by atoms with Gasteiger partial charge in [0, 0.05) is 12.2 Å². The summed E-state index contributed by atoms with van der Waals surface area (Å²) in [4.78, 5) is 26.3. The van der Waals surface area contributed by atoms with Crippen molar-refractivity contribution >= 4 is 17.6 Å². The number of anilines is 1. The highest BCUT2D eigenvalue weighted by Gasteiger charge is 2.39. The van der Waals surface area contributed by atoms with Gasteiger partial charge in [-0.1, -0.05) is 5.21 Å². The lowest BCUT2D eigenvalue weighted by Gasteiger charge is -2.32. The standard InChI is InChI=1S/C18H17F4N7O2/c1-9-7-28(17(31)25-12-3-4-13(19)11(5-12)6-23)8-14-15(26-27-29(9)14)16(30)24-10(2)18(20,21)22/h3-5,9-10H,7-8H2,1-2H3,(H,24,30)(H,25,31)/t9?,10-/m1/s1. The summed E-state index contributed by atoms with van der Waals surface area (Å²) in [6.45, 7) is 2.53. The van der Waals surface area contributed by atoms with Gasteiger partial charge < -0.3 is 15.5 Å². The molecule has 1 aliphatic heterocycles. The summed E-state index contributed by atoms with van der Waals surface area (Å²) < 4.78 is 53.1. The molecule has 0 fully saturated rings. The Hall–Kier alpha value is -3.69. The van der Waals surface area contributed by atoms with Crippen molar-refractivity contribution in [3.8, 4) is 6.07 Å². The lowest BCUT2D eigenvalue weighted by molar-refractivity contribution is -0.149. The highest BCUT2D eigenvalue weighted by atomic mass is 19.4. The van der Waals surface area contributed by atoms with Gasteiger partial charge in [0.15, 0.2) is 5.69 Å². The minimum Gasteiger partial charge on any atom is -0.339 e. The maximum absolute atomic E-state index is 13.5. The predicted octanol–water partition coefficient (Wildman–Crippen LogP) is 2.58. The maximum atomic E-state index is 13.5. The van der Waals surface area contributed by atoms with Gasteiger partial charge in [0.2, 0.25) is 0 Å². The first kappa shape index (κ1) is 22.0. The molecule has 0 saturated carbocycles. The van der Waals surface area contributed by atoms with Crippen LogP contribution in [0.3, 0.4) is 0 Å². The summed E-state index contributed by atoms with van der Waals surface area (Å²) in [5, 5.41) is 20.8. The molecule has 0 saturated heterocycles. The quantitative estimate of drug-likeness (QED) is 0.714. The number of alkyl halides is 3. The number of nitriles is 1. The first-order chi connectivity index (χ1) is 14.5. The van der Waals surface area contributed by atoms with Crippen LogP contribution in [0.2, 0.25) is 0 Å². The Labute approximate surface area is 173 Å². The molecule has 0 spiro atoms. The Kier molecular flexibility index (Phi) is 5.83. The van der Waals surface area contributed by atoms with E-state index >= 15 is 0 Å². The first-order valence-corrected chi connectivity index (χ1v) is 9.08. The zero-order valence-corrected chi connectivity index (χ0v) is 16.4. The smallest absolute Gasteiger partial charge is 0.339 e. The number of carbonyl (C=O) groups excluding carboxylic acids is 2. The van der Waals surface area contributed by atoms with Gasteiger partial charge in [0.1, 0.15) is 17.9 Å². The zero-order valence-electron chi connectivity index (χ0n) is 16.4. The summed E-state index contributed by atoms with van der Waals surface area (Å²) in [5.41, 5.74) is -0.193. The van der Waals surface area contributed by atoms with Gasteiger partial charge >= 0.3 is 12.2 Å². The van der Waals surface area contributed by atoms with E-state index in [4.69, 9.17) is 5.26 Å². The fourth-order valence-corrected chi connectivity index (χ4v) is 3.03. The number of fused-ring (bicyclic) bond motifs is 1. The number of benzene rings is 1. The topological polar surface area (TPSA) is 116 Å². The Bertz CT molecular complexity index is 1060. The normalized spacial score (nSPS) is 16.8. The van der Waals surface area contributed by atoms with Crippen LogP contribution in [0.25, 0.3) is 0 Å². The van der Waals surface area contributed by atoms with E-state index in [0.29, 0.717) is 0 Å². The average molecular weight is 439 g/mol. The number of hydrogen-bond donors (Lipinski definition) is 2. The molecule has 0 aliphatic carbocycles. The summed E-state index contributed by atoms with van der Waals surface area (Å²) in [7, 11) is 0. The molecule has 2 heterocycles. The molecule has 2 N–H and O–H groups in total. The fourth-order valence-electron chi connectivity index (χ4n) is 3.03. The molecule has 1 aliphatic rings. The van der Waals surface area contributed by atoms with Gasteiger partial charge in [0.25, 0.3) is 5.91 Å². The van der Waals surface area contributed by atoms with Crippen LogP contribution in [0.1, 0.15) is 41.6 Å². The largest absolute Gasteiger partial charge is 0.408 e. The van der Waals surface area contributed by atoms with Crippen LogP contribution in [0.15, 0.2) is 18.2 Å². The number of aromatic nitrogens is 3. The number of nitrogens with one attached hydrogen (secondary N) is 2. The van der Waals surface area contributed by atoms with Gasteiger partial charge in [0.05, 0.1) is 23.8 Å². The Morgan fingerprint density at radius 3 is 2.71 bits per heavy atom. The summed E-state index contributed by atoms with van der Waals surface area (Å²) in [6, 6.07) is 2.05. The number of urea groups is 1. The third-order valence-corrected chi connectivity index (χ3v) is 4.71. The van der Waals surface area contributed by atoms with E-state index in [1.165, 1.54) is 21.7 Å². The van der Waals surface area contributed by atoms with Crippen molar-refractivity contribution in [3.63, 3.8) is 0 Å². The second-order valence-corrected chi connectivity index (χ2v) is 7.03. The van der Waals surface area contributed by atoms with Crippen molar-refractivity contribution in [1.82, 2.24) is 25.2 Å². The molecular weight excluding hydrogens is 422 g/mol. The summed E-state index contributed by atoms with van der Waals surface area (Å²) >= 11 is 0. The SMILES string of the molecule is CC1CN(C(=O)Nc2ccc(F)c(C#N)c2)Cc2c(C(=O)N[C@H](C)C(F)(F)F)nnn21. The number of nitrogens with zero attached hydrogens (tertiary/aromatic N) is 5. The van der Waals surface area contributed by atoms with E-state index in [-0.39, 0.29) is 35.7 Å². The van der Waals surface area contributed by atoms with Crippen molar-refractivity contribution < 1.29 is 27.2 Å². The van der Waals surface area contributed by atoms with Crippen LogP contribution in [-0.4, -0.2) is 50.6 Å². The number of hydrogen-bond acceptors (Lipinski definition) is 5. The van der Waals surface area contributed by atoms with E-state index in [0.717, 1.165) is 13.0 Å². The molecule has 0 bridgehead atoms. The van der Waals surface area contributed by atoms with Crippen LogP contribution in [0.5, 0.6) is 0 Å². The van der Waals surface area contributed by atoms with Gasteiger partial charge in [-0.2, -0.15) is 18.4 Å². The van der Waals surface area contributed by atoms with Gasteiger partial charge in [-0.25, -0.2) is 13.9 Å². The molecular formula is C18H17F4N7O2. The van der Waals surface area contributed by atoms with Crippen LogP contribution in [-0.2, 0) is 6.54 Å². The summed E-state index contributed by atoms with van der Waals surface area (Å²) in [5.74, 6) is -1.79. The first-order valence-electron chi connectivity index (χ1n) is 9.08. The number of halogens is 4. The zero-order chi connectivity index (χ0) is 22.9. The Balaban J connectivity index is 1.78. The number of rotatable bonds is 3. The van der Waals surface area contributed by atoms with Crippen molar-refractivity contribution in [3.05, 3.63) is 41.0 Å². The predicted molar refractivity (Wildman–Crippen MR) is 98.3 cm³/mol. The Morgan fingerprint density at radius 1 is 1.35 bits per heavy atom. The molecule has 1 unspecified atom stereocenters. The van der Waals surface area contributed by atoms with Gasteiger partial charge in [-0.3, -0.25) is 4.79 Å². The van der Waals surface area contributed by atoms with Crippen molar-refractivity contribution in [1.29, 1.82) is 5.26 Å². The molecule has 1 aromatic heterocycles. The van der Waals surface area contributed by atoms with E-state index in [1.54, 1.807) is 13.0 Å². The molecule has 0 radical (unpaired) electrons. The van der Waals surface area contributed by atoms with Crippen LogP contribution >= 0.6 is 0 Å². The molecule has 31 heavy (non-hydrogen) atoms. The summed E-state index contributed by atoms with van der Waals surface area (Å²) in [6.07, 6.45) is -4.63. The fraction of sp³-hybridized carbons (Fsp3) is 0.389. The van der Waals surface area contributed by atoms with Crippen molar-refractivity contribution in [2.75, 3.05) is 11.9 Å². The minimum atomic E-state index is -4.63. The minimum absolute atomic E-state index is 0.140. The Morgan fingerprint density at radius 2 is 2.06 bits per heavy atom. The third-order valence-electron chi connectivity index (χ3n) is 4.71. The van der Waals surface area contributed by atoms with Crippen molar-refractivity contribution in [2.24, 2.45) is 0 Å². The van der Waals surface area contributed by atoms with E-state index < -0.39 is 36.0 Å². The molecule has 13 heteroatoms. The van der Waals surface area contributed by atoms with Crippen LogP contribution in [0.4, 0.5) is 28.0 Å². The average Bonchev–Trinajstić information content (AvgIpc) is 3.13. The molecule has 164 valence electrons. The highest BCUT2D eigenvalue weighted by molar-refractivity contribution is 5.94. The van der Waals surface area contributed by atoms with E-state index in [9.17, 15) is 27.2 Å². The molecule has 3 amide bonds. The lowest BCUT2D eigenvalue weighted by Crippen LogP contribution is -2.45. The third kappa shape index (κ3) is 4.57. The number of amides is 3. The lowest BCUT2D eigenvalue weighted by atomic mass is 10.1. The van der Waals surface area contributed by atoms with Gasteiger partial charge in [-0.05, 0) is 32.0 Å².